The molecule has 1 heterocycles. The number of aromatic nitrogens is 3. The molecule has 0 radical (unpaired) electrons. The molecule has 1 aromatic rings. The van der Waals surface area contributed by atoms with E-state index in [1.165, 1.54) is 0 Å². The number of thioether (sulfide) groups is 1. The highest BCUT2D eigenvalue weighted by molar-refractivity contribution is 7.99. The van der Waals surface area contributed by atoms with Crippen LogP contribution < -0.4 is 0 Å². The Balaban J connectivity index is 2.00. The third kappa shape index (κ3) is 2.92. The third-order valence-corrected chi connectivity index (χ3v) is 3.51. The molecule has 1 aliphatic rings. The standard InChI is InChI=1S/C9H12F3N3OS/c1-5-13-14-8(15(5)6-2-3-6)17-4-7(16)9(10,11)12/h6-7,16H,2-4H2,1H3. The van der Waals surface area contributed by atoms with Crippen molar-refractivity contribution in [2.75, 3.05) is 5.75 Å². The van der Waals surface area contributed by atoms with Gasteiger partial charge in [-0.2, -0.15) is 13.2 Å². The van der Waals surface area contributed by atoms with E-state index in [0.717, 1.165) is 24.6 Å². The van der Waals surface area contributed by atoms with Crippen LogP contribution in [0, 0.1) is 6.92 Å². The van der Waals surface area contributed by atoms with Crippen molar-refractivity contribution in [2.45, 2.75) is 43.2 Å². The zero-order valence-electron chi connectivity index (χ0n) is 9.11. The maximum absolute atomic E-state index is 12.1. The normalized spacial score (nSPS) is 18.4. The molecule has 96 valence electrons. The van der Waals surface area contributed by atoms with Gasteiger partial charge in [-0.05, 0) is 19.8 Å². The van der Waals surface area contributed by atoms with Gasteiger partial charge in [-0.25, -0.2) is 0 Å². The quantitative estimate of drug-likeness (QED) is 0.847. The predicted octanol–water partition coefficient (Wildman–Crippen LogP) is 1.94. The van der Waals surface area contributed by atoms with E-state index in [-0.39, 0.29) is 0 Å². The third-order valence-electron chi connectivity index (χ3n) is 2.50. The van der Waals surface area contributed by atoms with Crippen molar-refractivity contribution in [3.05, 3.63) is 5.82 Å². The number of hydrogen-bond donors (Lipinski definition) is 1. The molecule has 1 unspecified atom stereocenters. The van der Waals surface area contributed by atoms with Crippen LogP contribution in [-0.2, 0) is 0 Å². The molecule has 1 N–H and O–H groups in total. The Kier molecular flexibility index (Phi) is 3.35. The second-order valence-electron chi connectivity index (χ2n) is 4.00. The van der Waals surface area contributed by atoms with Gasteiger partial charge in [0.2, 0.25) is 0 Å². The molecule has 1 atom stereocenters. The van der Waals surface area contributed by atoms with Crippen LogP contribution in [0.25, 0.3) is 0 Å². The number of nitrogens with zero attached hydrogens (tertiary/aromatic N) is 3. The van der Waals surface area contributed by atoms with Crippen LogP contribution >= 0.6 is 11.8 Å². The summed E-state index contributed by atoms with van der Waals surface area (Å²) < 4.78 is 38.2. The minimum atomic E-state index is -4.58. The van der Waals surface area contributed by atoms with E-state index in [1.54, 1.807) is 6.92 Å². The number of rotatable bonds is 4. The van der Waals surface area contributed by atoms with E-state index in [1.807, 2.05) is 4.57 Å². The van der Waals surface area contributed by atoms with E-state index < -0.39 is 18.0 Å². The highest BCUT2D eigenvalue weighted by Gasteiger charge is 2.38. The minimum Gasteiger partial charge on any atom is -0.383 e. The van der Waals surface area contributed by atoms with Crippen molar-refractivity contribution in [2.24, 2.45) is 0 Å². The molecule has 1 aromatic heterocycles. The number of aliphatic hydroxyl groups is 1. The Labute approximate surface area is 100 Å². The van der Waals surface area contributed by atoms with Gasteiger partial charge < -0.3 is 9.67 Å². The monoisotopic (exact) mass is 267 g/mol. The lowest BCUT2D eigenvalue weighted by Gasteiger charge is -2.13. The number of halogens is 3. The molecule has 0 bridgehead atoms. The summed E-state index contributed by atoms with van der Waals surface area (Å²) in [6.07, 6.45) is -4.88. The summed E-state index contributed by atoms with van der Waals surface area (Å²) in [7, 11) is 0. The number of alkyl halides is 3. The Bertz CT molecular complexity index is 403. The highest BCUT2D eigenvalue weighted by Crippen LogP contribution is 2.39. The maximum Gasteiger partial charge on any atom is 0.415 e. The summed E-state index contributed by atoms with van der Waals surface area (Å²) in [6, 6.07) is 0.315. The first-order chi connectivity index (χ1) is 7.89. The zero-order chi connectivity index (χ0) is 12.6. The molecule has 0 saturated heterocycles. The molecule has 17 heavy (non-hydrogen) atoms. The fraction of sp³-hybridized carbons (Fsp3) is 0.778. The van der Waals surface area contributed by atoms with Crippen LogP contribution in [0.4, 0.5) is 13.2 Å². The molecule has 1 aliphatic carbocycles. The lowest BCUT2D eigenvalue weighted by atomic mass is 10.4. The first-order valence-corrected chi connectivity index (χ1v) is 6.17. The average Bonchev–Trinajstić information content (AvgIpc) is 2.99. The van der Waals surface area contributed by atoms with Gasteiger partial charge in [0.15, 0.2) is 11.3 Å². The van der Waals surface area contributed by atoms with Crippen molar-refractivity contribution in [3.63, 3.8) is 0 Å². The molecule has 0 aromatic carbocycles. The van der Waals surface area contributed by atoms with E-state index in [0.29, 0.717) is 17.0 Å². The Morgan fingerprint density at radius 3 is 2.65 bits per heavy atom. The van der Waals surface area contributed by atoms with E-state index in [4.69, 9.17) is 5.11 Å². The summed E-state index contributed by atoms with van der Waals surface area (Å²) in [5.41, 5.74) is 0. The summed E-state index contributed by atoms with van der Waals surface area (Å²) in [4.78, 5) is 0. The van der Waals surface area contributed by atoms with Crippen LogP contribution in [0.5, 0.6) is 0 Å². The van der Waals surface area contributed by atoms with E-state index in [9.17, 15) is 13.2 Å². The molecule has 8 heteroatoms. The minimum absolute atomic E-state index is 0.315. The van der Waals surface area contributed by atoms with Gasteiger partial charge in [0.25, 0.3) is 0 Å². The van der Waals surface area contributed by atoms with Crippen molar-refractivity contribution in [1.82, 2.24) is 14.8 Å². The van der Waals surface area contributed by atoms with Gasteiger partial charge in [0.05, 0.1) is 0 Å². The largest absolute Gasteiger partial charge is 0.415 e. The smallest absolute Gasteiger partial charge is 0.383 e. The Hall–Kier alpha value is -0.760. The molecular weight excluding hydrogens is 255 g/mol. The maximum atomic E-state index is 12.1. The van der Waals surface area contributed by atoms with Crippen molar-refractivity contribution in [3.8, 4) is 0 Å². The van der Waals surface area contributed by atoms with Gasteiger partial charge in [-0.1, -0.05) is 11.8 Å². The first-order valence-electron chi connectivity index (χ1n) is 5.18. The van der Waals surface area contributed by atoms with Crippen molar-refractivity contribution < 1.29 is 18.3 Å². The topological polar surface area (TPSA) is 50.9 Å². The fourth-order valence-corrected chi connectivity index (χ4v) is 2.46. The predicted molar refractivity (Wildman–Crippen MR) is 55.8 cm³/mol. The van der Waals surface area contributed by atoms with Gasteiger partial charge >= 0.3 is 6.18 Å². The second kappa shape index (κ2) is 4.49. The summed E-state index contributed by atoms with van der Waals surface area (Å²) in [6.45, 7) is 1.77. The number of aliphatic hydroxyl groups excluding tert-OH is 1. The highest BCUT2D eigenvalue weighted by atomic mass is 32.2. The number of hydrogen-bond acceptors (Lipinski definition) is 4. The lowest BCUT2D eigenvalue weighted by molar-refractivity contribution is -0.195. The SMILES string of the molecule is Cc1nnc(SCC(O)C(F)(F)F)n1C1CC1. The van der Waals surface area contributed by atoms with Gasteiger partial charge in [0.1, 0.15) is 5.82 Å². The second-order valence-corrected chi connectivity index (χ2v) is 4.99. The molecular formula is C9H12F3N3OS. The summed E-state index contributed by atoms with van der Waals surface area (Å²) in [5, 5.41) is 17.0. The Morgan fingerprint density at radius 1 is 1.47 bits per heavy atom. The lowest BCUT2D eigenvalue weighted by Crippen LogP contribution is -2.30. The Morgan fingerprint density at radius 2 is 2.12 bits per heavy atom. The molecule has 4 nitrogen and oxygen atoms in total. The van der Waals surface area contributed by atoms with Crippen LogP contribution in [0.2, 0.25) is 0 Å². The molecule has 0 aliphatic heterocycles. The van der Waals surface area contributed by atoms with E-state index >= 15 is 0 Å². The average molecular weight is 267 g/mol. The summed E-state index contributed by atoms with van der Waals surface area (Å²) in [5.74, 6) is 0.255. The molecule has 0 amide bonds. The summed E-state index contributed by atoms with van der Waals surface area (Å²) >= 11 is 0.891. The molecule has 1 saturated carbocycles. The van der Waals surface area contributed by atoms with Crippen LogP contribution in [0.1, 0.15) is 24.7 Å². The van der Waals surface area contributed by atoms with Gasteiger partial charge in [0, 0.05) is 11.8 Å². The van der Waals surface area contributed by atoms with Gasteiger partial charge in [-0.15, -0.1) is 10.2 Å². The van der Waals surface area contributed by atoms with Crippen LogP contribution in [0.15, 0.2) is 5.16 Å². The van der Waals surface area contributed by atoms with Gasteiger partial charge in [-0.3, -0.25) is 0 Å². The van der Waals surface area contributed by atoms with Crippen LogP contribution in [0.3, 0.4) is 0 Å². The van der Waals surface area contributed by atoms with Crippen molar-refractivity contribution >= 4 is 11.8 Å². The van der Waals surface area contributed by atoms with Crippen LogP contribution in [-0.4, -0.2) is 37.9 Å². The molecule has 2 rings (SSSR count). The zero-order valence-corrected chi connectivity index (χ0v) is 9.92. The molecule has 0 spiro atoms. The molecule has 1 fully saturated rings. The number of aryl methyl sites for hydroxylation is 1. The van der Waals surface area contributed by atoms with Crippen molar-refractivity contribution in [1.29, 1.82) is 0 Å². The first kappa shape index (κ1) is 12.7. The van der Waals surface area contributed by atoms with E-state index in [2.05, 4.69) is 10.2 Å². The fourth-order valence-electron chi connectivity index (χ4n) is 1.45.